The summed E-state index contributed by atoms with van der Waals surface area (Å²) in [6, 6.07) is 8.94. The molecule has 0 bridgehead atoms. The average Bonchev–Trinajstić information content (AvgIpc) is 2.77. The number of rotatable bonds is 4. The normalized spacial score (nSPS) is 10.2. The van der Waals surface area contributed by atoms with Crippen LogP contribution in [0.2, 0.25) is 0 Å². The van der Waals surface area contributed by atoms with Gasteiger partial charge in [-0.2, -0.15) is 0 Å². The maximum absolute atomic E-state index is 11.9. The first kappa shape index (κ1) is 12.9. The highest BCUT2D eigenvalue weighted by atomic mass is 16.5. The molecule has 0 saturated carbocycles. The van der Waals surface area contributed by atoms with E-state index in [-0.39, 0.29) is 23.6 Å². The first-order valence-corrected chi connectivity index (χ1v) is 5.81. The summed E-state index contributed by atoms with van der Waals surface area (Å²) in [5.74, 6) is -1.03. The molecule has 1 heterocycles. The van der Waals surface area contributed by atoms with Crippen molar-refractivity contribution in [2.75, 3.05) is 6.61 Å². The molecule has 0 fully saturated rings. The lowest BCUT2D eigenvalue weighted by Crippen LogP contribution is -2.10. The predicted molar refractivity (Wildman–Crippen MR) is 68.8 cm³/mol. The van der Waals surface area contributed by atoms with Crippen LogP contribution >= 0.6 is 0 Å². The van der Waals surface area contributed by atoms with Crippen LogP contribution in [0.25, 0.3) is 5.69 Å². The van der Waals surface area contributed by atoms with Crippen molar-refractivity contribution >= 4 is 12.3 Å². The van der Waals surface area contributed by atoms with Gasteiger partial charge in [0.25, 0.3) is 0 Å². The van der Waals surface area contributed by atoms with Gasteiger partial charge >= 0.3 is 5.97 Å². The van der Waals surface area contributed by atoms with Crippen molar-refractivity contribution in [3.8, 4) is 11.4 Å². The number of aldehydes is 1. The number of ether oxygens (including phenoxy) is 1. The number of aromatic nitrogens is 1. The fourth-order valence-corrected chi connectivity index (χ4v) is 1.79. The highest BCUT2D eigenvalue weighted by molar-refractivity contribution is 5.96. The third kappa shape index (κ3) is 2.35. The molecule has 0 atom stereocenters. The molecule has 1 aromatic carbocycles. The molecule has 19 heavy (non-hydrogen) atoms. The van der Waals surface area contributed by atoms with Crippen LogP contribution in [0.3, 0.4) is 0 Å². The van der Waals surface area contributed by atoms with Gasteiger partial charge in [0.15, 0.2) is 17.7 Å². The predicted octanol–water partition coefficient (Wildman–Crippen LogP) is 2.17. The average molecular weight is 259 g/mol. The summed E-state index contributed by atoms with van der Waals surface area (Å²) in [6.45, 7) is 1.86. The largest absolute Gasteiger partial charge is 0.505 e. The van der Waals surface area contributed by atoms with Crippen molar-refractivity contribution in [3.05, 3.63) is 47.8 Å². The number of hydrogen-bond donors (Lipinski definition) is 1. The summed E-state index contributed by atoms with van der Waals surface area (Å²) in [7, 11) is 0. The summed E-state index contributed by atoms with van der Waals surface area (Å²) in [5, 5.41) is 9.92. The van der Waals surface area contributed by atoms with Gasteiger partial charge in [0.05, 0.1) is 12.2 Å². The molecule has 5 heteroatoms. The van der Waals surface area contributed by atoms with Gasteiger partial charge in [-0.3, -0.25) is 4.79 Å². The minimum atomic E-state index is -0.669. The maximum atomic E-state index is 11.9. The Morgan fingerprint density at radius 3 is 2.63 bits per heavy atom. The van der Waals surface area contributed by atoms with Gasteiger partial charge < -0.3 is 14.4 Å². The summed E-state index contributed by atoms with van der Waals surface area (Å²) in [5.41, 5.74) is 0.663. The summed E-state index contributed by atoms with van der Waals surface area (Å²) in [6.07, 6.45) is 1.90. The van der Waals surface area contributed by atoms with Gasteiger partial charge in [-0.1, -0.05) is 18.2 Å². The van der Waals surface area contributed by atoms with E-state index >= 15 is 0 Å². The van der Waals surface area contributed by atoms with Crippen LogP contribution in [-0.2, 0) is 4.74 Å². The van der Waals surface area contributed by atoms with Crippen LogP contribution in [-0.4, -0.2) is 28.5 Å². The third-order valence-corrected chi connectivity index (χ3v) is 2.64. The zero-order chi connectivity index (χ0) is 13.8. The standard InChI is InChI=1S/C14H13NO4/c1-2-19-14(18)12-13(17)10(9-16)8-15(12)11-6-4-3-5-7-11/h3-9,17H,2H2,1H3. The maximum Gasteiger partial charge on any atom is 0.359 e. The Kier molecular flexibility index (Phi) is 3.66. The second-order valence-corrected chi connectivity index (χ2v) is 3.83. The van der Waals surface area contributed by atoms with Crippen LogP contribution in [0.15, 0.2) is 36.5 Å². The Balaban J connectivity index is 2.60. The second kappa shape index (κ2) is 5.39. The second-order valence-electron chi connectivity index (χ2n) is 3.83. The number of esters is 1. The molecule has 2 rings (SSSR count). The molecule has 0 saturated heterocycles. The molecule has 0 aliphatic rings. The third-order valence-electron chi connectivity index (χ3n) is 2.64. The Morgan fingerprint density at radius 1 is 1.37 bits per heavy atom. The minimum Gasteiger partial charge on any atom is -0.505 e. The van der Waals surface area contributed by atoms with Crippen molar-refractivity contribution in [3.63, 3.8) is 0 Å². The number of nitrogens with zero attached hydrogens (tertiary/aromatic N) is 1. The van der Waals surface area contributed by atoms with Crippen molar-refractivity contribution in [2.24, 2.45) is 0 Å². The van der Waals surface area contributed by atoms with E-state index in [1.165, 1.54) is 10.8 Å². The van der Waals surface area contributed by atoms with Gasteiger partial charge in [-0.05, 0) is 19.1 Å². The van der Waals surface area contributed by atoms with Gasteiger partial charge in [0.2, 0.25) is 0 Å². The minimum absolute atomic E-state index is 0.0462. The molecule has 2 aromatic rings. The van der Waals surface area contributed by atoms with E-state index in [1.54, 1.807) is 31.2 Å². The van der Waals surface area contributed by atoms with Crippen LogP contribution in [0.4, 0.5) is 0 Å². The number of aromatic hydroxyl groups is 1. The lowest BCUT2D eigenvalue weighted by Gasteiger charge is -2.08. The molecule has 0 aliphatic carbocycles. The molecular weight excluding hydrogens is 246 g/mol. The number of hydrogen-bond acceptors (Lipinski definition) is 4. The van der Waals surface area contributed by atoms with Gasteiger partial charge in [-0.15, -0.1) is 0 Å². The fourth-order valence-electron chi connectivity index (χ4n) is 1.79. The molecular formula is C14H13NO4. The van der Waals surface area contributed by atoms with E-state index in [4.69, 9.17) is 4.74 Å². The van der Waals surface area contributed by atoms with E-state index in [0.29, 0.717) is 12.0 Å². The lowest BCUT2D eigenvalue weighted by molar-refractivity contribution is 0.0513. The summed E-state index contributed by atoms with van der Waals surface area (Å²) in [4.78, 5) is 22.7. The van der Waals surface area contributed by atoms with Crippen molar-refractivity contribution < 1.29 is 19.4 Å². The Bertz CT molecular complexity index is 601. The molecule has 0 radical (unpaired) electrons. The smallest absolute Gasteiger partial charge is 0.359 e. The van der Waals surface area contributed by atoms with Crippen molar-refractivity contribution in [2.45, 2.75) is 6.92 Å². The van der Waals surface area contributed by atoms with Gasteiger partial charge in [0, 0.05) is 11.9 Å². The zero-order valence-corrected chi connectivity index (χ0v) is 10.4. The first-order valence-electron chi connectivity index (χ1n) is 5.81. The van der Waals surface area contributed by atoms with Crippen LogP contribution in [0.1, 0.15) is 27.8 Å². The lowest BCUT2D eigenvalue weighted by atomic mass is 10.3. The first-order chi connectivity index (χ1) is 9.19. The number of carbonyl (C=O) groups excluding carboxylic acids is 2. The monoisotopic (exact) mass is 259 g/mol. The van der Waals surface area contributed by atoms with Crippen LogP contribution in [0, 0.1) is 0 Å². The van der Waals surface area contributed by atoms with Crippen LogP contribution in [0.5, 0.6) is 5.75 Å². The quantitative estimate of drug-likeness (QED) is 0.675. The molecule has 1 N–H and O–H groups in total. The van der Waals surface area contributed by atoms with E-state index in [0.717, 1.165) is 0 Å². The summed E-state index contributed by atoms with van der Waals surface area (Å²) >= 11 is 0. The Hall–Kier alpha value is -2.56. The Morgan fingerprint density at radius 2 is 2.05 bits per heavy atom. The number of carbonyl (C=O) groups is 2. The molecule has 0 spiro atoms. The van der Waals surface area contributed by atoms with Crippen molar-refractivity contribution in [1.82, 2.24) is 4.57 Å². The van der Waals surface area contributed by atoms with Crippen LogP contribution < -0.4 is 0 Å². The van der Waals surface area contributed by atoms with E-state index in [9.17, 15) is 14.7 Å². The zero-order valence-electron chi connectivity index (χ0n) is 10.4. The Labute approximate surface area is 110 Å². The topological polar surface area (TPSA) is 68.5 Å². The van der Waals surface area contributed by atoms with E-state index in [2.05, 4.69) is 0 Å². The SMILES string of the molecule is CCOC(=O)c1c(O)c(C=O)cn1-c1ccccc1. The van der Waals surface area contributed by atoms with E-state index in [1.807, 2.05) is 6.07 Å². The van der Waals surface area contributed by atoms with Gasteiger partial charge in [-0.25, -0.2) is 4.79 Å². The highest BCUT2D eigenvalue weighted by Gasteiger charge is 2.23. The fraction of sp³-hybridized carbons (Fsp3) is 0.143. The molecule has 5 nitrogen and oxygen atoms in total. The van der Waals surface area contributed by atoms with E-state index < -0.39 is 5.97 Å². The highest BCUT2D eigenvalue weighted by Crippen LogP contribution is 2.27. The number of para-hydroxylation sites is 1. The molecule has 0 amide bonds. The molecule has 1 aromatic heterocycles. The van der Waals surface area contributed by atoms with Gasteiger partial charge in [0.1, 0.15) is 0 Å². The summed E-state index contributed by atoms with van der Waals surface area (Å²) < 4.78 is 6.33. The molecule has 0 aliphatic heterocycles. The number of benzene rings is 1. The van der Waals surface area contributed by atoms with Crippen molar-refractivity contribution in [1.29, 1.82) is 0 Å². The molecule has 0 unspecified atom stereocenters. The molecule has 98 valence electrons.